The smallest absolute Gasteiger partial charge is 0.147 e. The second-order valence-corrected chi connectivity index (χ2v) is 5.81. The lowest BCUT2D eigenvalue weighted by atomic mass is 10.0. The number of allylic oxidation sites excluding steroid dienone is 2. The minimum Gasteiger partial charge on any atom is -0.382 e. The Balaban J connectivity index is 0.000000230. The van der Waals surface area contributed by atoms with Gasteiger partial charge in [0.1, 0.15) is 6.79 Å². The summed E-state index contributed by atoms with van der Waals surface area (Å²) in [5, 5.41) is 0. The van der Waals surface area contributed by atoms with Gasteiger partial charge in [0.05, 0.1) is 45.2 Å². The summed E-state index contributed by atoms with van der Waals surface area (Å²) in [5.74, 6) is 0.387. The standard InChI is InChI=1S/C9H14O2.C7H15FO3S/c1-2-4-6-9-8(5-3-1)10-7-11-9;1-9-2-3-10-4-5-11-6-7-12-8/h1-2,8-9H,3-7H2;2-7H2,1H3/b2-1+;. The molecule has 0 amide bonds. The molecular weight excluding hydrogens is 323 g/mol. The fourth-order valence-corrected chi connectivity index (χ4v) is 2.46. The first-order valence-electron chi connectivity index (χ1n) is 8.14. The molecule has 0 radical (unpaired) electrons. The van der Waals surface area contributed by atoms with E-state index in [1.54, 1.807) is 7.11 Å². The van der Waals surface area contributed by atoms with Crippen molar-refractivity contribution in [2.24, 2.45) is 0 Å². The van der Waals surface area contributed by atoms with E-state index in [1.807, 2.05) is 0 Å². The molecule has 7 heteroatoms. The topological polar surface area (TPSA) is 46.2 Å². The molecule has 0 saturated carbocycles. The van der Waals surface area contributed by atoms with Crippen LogP contribution in [0.3, 0.4) is 0 Å². The molecular formula is C16H29FO5S. The van der Waals surface area contributed by atoms with Crippen LogP contribution in [0.15, 0.2) is 12.2 Å². The van der Waals surface area contributed by atoms with E-state index < -0.39 is 0 Å². The second kappa shape index (κ2) is 15.4. The van der Waals surface area contributed by atoms with E-state index >= 15 is 0 Å². The van der Waals surface area contributed by atoms with Gasteiger partial charge in [-0.05, 0) is 25.7 Å². The van der Waals surface area contributed by atoms with Crippen molar-refractivity contribution in [2.75, 3.05) is 52.7 Å². The molecule has 136 valence electrons. The molecule has 0 aromatic rings. The number of halogens is 1. The van der Waals surface area contributed by atoms with Crippen LogP contribution >= 0.6 is 12.1 Å². The fourth-order valence-electron chi connectivity index (χ4n) is 2.28. The molecule has 1 heterocycles. The van der Waals surface area contributed by atoms with Crippen LogP contribution in [0.4, 0.5) is 3.89 Å². The summed E-state index contributed by atoms with van der Waals surface area (Å²) >= 11 is 0.288. The Morgan fingerprint density at radius 2 is 1.52 bits per heavy atom. The molecule has 2 atom stereocenters. The van der Waals surface area contributed by atoms with Crippen molar-refractivity contribution in [3.8, 4) is 0 Å². The first-order valence-corrected chi connectivity index (χ1v) is 9.03. The molecule has 0 aromatic heterocycles. The minimum absolute atomic E-state index is 0.288. The monoisotopic (exact) mass is 352 g/mol. The molecule has 2 rings (SSSR count). The van der Waals surface area contributed by atoms with Crippen LogP contribution in [-0.2, 0) is 23.7 Å². The molecule has 1 aliphatic heterocycles. The lowest BCUT2D eigenvalue weighted by Gasteiger charge is -2.16. The van der Waals surface area contributed by atoms with Crippen LogP contribution in [0, 0.1) is 0 Å². The molecule has 1 aliphatic carbocycles. The predicted octanol–water partition coefficient (Wildman–Crippen LogP) is 3.14. The maximum absolute atomic E-state index is 11.5. The van der Waals surface area contributed by atoms with Crippen molar-refractivity contribution < 1.29 is 27.6 Å². The Kier molecular flexibility index (Phi) is 13.9. The Morgan fingerprint density at radius 1 is 0.957 bits per heavy atom. The fraction of sp³-hybridized carbons (Fsp3) is 0.875. The number of methoxy groups -OCH3 is 1. The number of hydrogen-bond acceptors (Lipinski definition) is 6. The van der Waals surface area contributed by atoms with Gasteiger partial charge in [-0.1, -0.05) is 12.2 Å². The molecule has 0 bridgehead atoms. The zero-order valence-electron chi connectivity index (χ0n) is 13.9. The zero-order chi connectivity index (χ0) is 16.6. The summed E-state index contributed by atoms with van der Waals surface area (Å²) in [4.78, 5) is 0. The molecule has 23 heavy (non-hydrogen) atoms. The van der Waals surface area contributed by atoms with Gasteiger partial charge in [-0.2, -0.15) is 3.89 Å². The van der Waals surface area contributed by atoms with E-state index in [2.05, 4.69) is 12.2 Å². The van der Waals surface area contributed by atoms with Gasteiger partial charge in [-0.25, -0.2) is 0 Å². The normalized spacial score (nSPS) is 25.0. The highest BCUT2D eigenvalue weighted by Crippen LogP contribution is 2.23. The molecule has 0 spiro atoms. The minimum atomic E-state index is 0.288. The Hall–Kier alpha value is -0.180. The van der Waals surface area contributed by atoms with E-state index in [4.69, 9.17) is 23.7 Å². The van der Waals surface area contributed by atoms with Crippen LogP contribution in [0.25, 0.3) is 0 Å². The van der Waals surface area contributed by atoms with Crippen LogP contribution in [0.2, 0.25) is 0 Å². The van der Waals surface area contributed by atoms with Gasteiger partial charge < -0.3 is 23.7 Å². The highest BCUT2D eigenvalue weighted by Gasteiger charge is 2.28. The Morgan fingerprint density at radius 3 is 2.09 bits per heavy atom. The first-order chi connectivity index (χ1) is 11.4. The van der Waals surface area contributed by atoms with Gasteiger partial charge in [0.2, 0.25) is 0 Å². The quantitative estimate of drug-likeness (QED) is 0.469. The van der Waals surface area contributed by atoms with Gasteiger partial charge in [-0.15, -0.1) is 0 Å². The van der Waals surface area contributed by atoms with Gasteiger partial charge in [0.15, 0.2) is 0 Å². The van der Waals surface area contributed by atoms with E-state index in [9.17, 15) is 3.89 Å². The summed E-state index contributed by atoms with van der Waals surface area (Å²) in [6.07, 6.45) is 9.78. The summed E-state index contributed by atoms with van der Waals surface area (Å²) in [6, 6.07) is 0. The molecule has 1 saturated heterocycles. The largest absolute Gasteiger partial charge is 0.382 e. The van der Waals surface area contributed by atoms with Crippen molar-refractivity contribution in [1.29, 1.82) is 0 Å². The van der Waals surface area contributed by atoms with E-state index in [-0.39, 0.29) is 12.1 Å². The van der Waals surface area contributed by atoms with Crippen LogP contribution < -0.4 is 0 Å². The van der Waals surface area contributed by atoms with E-state index in [0.717, 1.165) is 25.7 Å². The maximum Gasteiger partial charge on any atom is 0.147 e. The second-order valence-electron chi connectivity index (χ2n) is 5.18. The Labute approximate surface area is 143 Å². The van der Waals surface area contributed by atoms with Crippen molar-refractivity contribution in [3.63, 3.8) is 0 Å². The molecule has 0 N–H and O–H groups in total. The number of ether oxygens (including phenoxy) is 5. The molecule has 5 nitrogen and oxygen atoms in total. The molecule has 0 aromatic carbocycles. The summed E-state index contributed by atoms with van der Waals surface area (Å²) in [7, 11) is 1.62. The average molecular weight is 352 g/mol. The third-order valence-corrected chi connectivity index (χ3v) is 3.81. The third-order valence-electron chi connectivity index (χ3n) is 3.49. The summed E-state index contributed by atoms with van der Waals surface area (Å²) in [5.41, 5.74) is 0. The highest BCUT2D eigenvalue weighted by atomic mass is 32.2. The molecule has 2 unspecified atom stereocenters. The SMILES string of the molecule is C1=C/CCC2OCOC2CC/1.COCCOCCOCCSF. The van der Waals surface area contributed by atoms with Crippen LogP contribution in [0.1, 0.15) is 25.7 Å². The maximum atomic E-state index is 11.5. The summed E-state index contributed by atoms with van der Waals surface area (Å²) in [6.45, 7) is 3.19. The Bertz CT molecular complexity index is 268. The van der Waals surface area contributed by atoms with Gasteiger partial charge in [-0.3, -0.25) is 0 Å². The highest BCUT2D eigenvalue weighted by molar-refractivity contribution is 7.94. The number of hydrogen-bond donors (Lipinski definition) is 0. The van der Waals surface area contributed by atoms with Crippen LogP contribution in [-0.4, -0.2) is 64.9 Å². The van der Waals surface area contributed by atoms with E-state index in [0.29, 0.717) is 57.8 Å². The van der Waals surface area contributed by atoms with Crippen LogP contribution in [0.5, 0.6) is 0 Å². The third kappa shape index (κ3) is 11.1. The lowest BCUT2D eigenvalue weighted by Crippen LogP contribution is -2.22. The van der Waals surface area contributed by atoms with Crippen molar-refractivity contribution in [2.45, 2.75) is 37.9 Å². The van der Waals surface area contributed by atoms with E-state index in [1.165, 1.54) is 0 Å². The van der Waals surface area contributed by atoms with Crippen molar-refractivity contribution in [3.05, 3.63) is 12.2 Å². The zero-order valence-corrected chi connectivity index (χ0v) is 14.7. The van der Waals surface area contributed by atoms with Crippen molar-refractivity contribution in [1.82, 2.24) is 0 Å². The summed E-state index contributed by atoms with van der Waals surface area (Å²) < 4.78 is 37.2. The number of fused-ring (bicyclic) bond motifs is 1. The van der Waals surface area contributed by atoms with Crippen molar-refractivity contribution >= 4 is 12.1 Å². The van der Waals surface area contributed by atoms with Gasteiger partial charge in [0.25, 0.3) is 0 Å². The van der Waals surface area contributed by atoms with Gasteiger partial charge >= 0.3 is 0 Å². The molecule has 1 fully saturated rings. The average Bonchev–Trinajstić information content (AvgIpc) is 2.97. The number of rotatable bonds is 9. The van der Waals surface area contributed by atoms with Gasteiger partial charge in [0, 0.05) is 25.0 Å². The lowest BCUT2D eigenvalue weighted by molar-refractivity contribution is 0.0285. The first kappa shape index (κ1) is 20.9. The predicted molar refractivity (Wildman–Crippen MR) is 89.3 cm³/mol. The molecule has 2 aliphatic rings.